The van der Waals surface area contributed by atoms with Gasteiger partial charge in [-0.05, 0) is 52.7 Å². The van der Waals surface area contributed by atoms with Gasteiger partial charge < -0.3 is 10.1 Å². The molecular formula is C13H13Br3N5O4PS. The minimum absolute atomic E-state index is 0.0312. The lowest BCUT2D eigenvalue weighted by Crippen LogP contribution is -2.10. The lowest BCUT2D eigenvalue weighted by molar-refractivity contribution is -0.396. The molecule has 0 unspecified atom stereocenters. The van der Waals surface area contributed by atoms with Crippen molar-refractivity contribution in [3.05, 3.63) is 28.5 Å². The van der Waals surface area contributed by atoms with Gasteiger partial charge in [0.1, 0.15) is 12.3 Å². The molecule has 0 atom stereocenters. The Morgan fingerprint density at radius 2 is 1.81 bits per heavy atom. The molecule has 2 aliphatic heterocycles. The van der Waals surface area contributed by atoms with E-state index in [1.807, 2.05) is 0 Å². The van der Waals surface area contributed by atoms with Crippen LogP contribution in [0, 0.1) is 10.1 Å². The minimum atomic E-state index is -3.04. The van der Waals surface area contributed by atoms with Crippen molar-refractivity contribution < 1.29 is 14.0 Å². The molecule has 0 spiro atoms. The standard InChI is InChI=1S/C13H13Br3N5O4PS/c1-18-7(6-25-26(24,19-2-3-19)20-4-5-20)10(17-13(18)21(22)23)11-8(14)9(15)12(16)27-11/h2-6H2,1H3. The van der Waals surface area contributed by atoms with Crippen LogP contribution >= 0.6 is 66.8 Å². The fraction of sp³-hybridized carbons (Fsp3) is 0.462. The van der Waals surface area contributed by atoms with Gasteiger partial charge in [0.05, 0.1) is 24.7 Å². The number of nitro groups is 1. The molecule has 2 saturated heterocycles. The largest absolute Gasteiger partial charge is 0.435 e. The normalized spacial score (nSPS) is 17.5. The smallest absolute Gasteiger partial charge is 0.390 e. The molecule has 27 heavy (non-hydrogen) atoms. The number of hydrogen-bond acceptors (Lipinski definition) is 6. The number of thiophene rings is 1. The zero-order valence-corrected chi connectivity index (χ0v) is 20.4. The van der Waals surface area contributed by atoms with Gasteiger partial charge in [0.25, 0.3) is 0 Å². The summed E-state index contributed by atoms with van der Waals surface area (Å²) in [6, 6.07) is 0. The predicted molar refractivity (Wildman–Crippen MR) is 112 cm³/mol. The molecule has 2 aromatic rings. The van der Waals surface area contributed by atoms with Crippen molar-refractivity contribution in [3.63, 3.8) is 0 Å². The van der Waals surface area contributed by atoms with E-state index in [1.165, 1.54) is 15.9 Å². The molecule has 0 radical (unpaired) electrons. The molecule has 14 heteroatoms. The van der Waals surface area contributed by atoms with Gasteiger partial charge in [-0.25, -0.2) is 13.9 Å². The van der Waals surface area contributed by atoms with E-state index in [0.717, 1.165) is 43.8 Å². The van der Waals surface area contributed by atoms with Crippen molar-refractivity contribution in [2.24, 2.45) is 7.05 Å². The molecule has 2 aliphatic rings. The van der Waals surface area contributed by atoms with Gasteiger partial charge in [0.15, 0.2) is 5.69 Å². The number of rotatable bonds is 7. The van der Waals surface area contributed by atoms with Crippen LogP contribution in [0.1, 0.15) is 5.69 Å². The van der Waals surface area contributed by atoms with Gasteiger partial charge in [0.2, 0.25) is 0 Å². The third-order valence-electron chi connectivity index (χ3n) is 4.26. The summed E-state index contributed by atoms with van der Waals surface area (Å²) in [4.78, 5) is 15.8. The molecule has 4 rings (SSSR count). The monoisotopic (exact) mass is 603 g/mol. The number of nitrogens with zero attached hydrogens (tertiary/aromatic N) is 5. The molecule has 0 saturated carbocycles. The average Bonchev–Trinajstić information content (AvgIpc) is 3.52. The van der Waals surface area contributed by atoms with Crippen molar-refractivity contribution in [1.82, 2.24) is 18.9 Å². The van der Waals surface area contributed by atoms with Crippen LogP contribution in [-0.2, 0) is 22.7 Å². The summed E-state index contributed by atoms with van der Waals surface area (Å²) < 4.78 is 26.4. The van der Waals surface area contributed by atoms with Crippen molar-refractivity contribution in [2.45, 2.75) is 6.61 Å². The van der Waals surface area contributed by atoms with Gasteiger partial charge in [-0.15, -0.1) is 11.3 Å². The molecule has 9 nitrogen and oxygen atoms in total. The van der Waals surface area contributed by atoms with Crippen LogP contribution in [0.5, 0.6) is 0 Å². The summed E-state index contributed by atoms with van der Waals surface area (Å²) in [5.74, 6) is -0.288. The Kier molecular flexibility index (Phi) is 5.43. The maximum absolute atomic E-state index is 13.2. The summed E-state index contributed by atoms with van der Waals surface area (Å²) >= 11 is 11.8. The first-order valence-corrected chi connectivity index (χ1v) is 12.6. The second-order valence-electron chi connectivity index (χ2n) is 6.03. The van der Waals surface area contributed by atoms with Crippen molar-refractivity contribution in [1.29, 1.82) is 0 Å². The minimum Gasteiger partial charge on any atom is -0.390 e. The van der Waals surface area contributed by atoms with Crippen LogP contribution in [0.25, 0.3) is 10.6 Å². The predicted octanol–water partition coefficient (Wildman–Crippen LogP) is 4.60. The highest BCUT2D eigenvalue weighted by atomic mass is 79.9. The summed E-state index contributed by atoms with van der Waals surface area (Å²) in [5, 5.41) is 11.4. The van der Waals surface area contributed by atoms with Gasteiger partial charge >= 0.3 is 13.6 Å². The van der Waals surface area contributed by atoms with Crippen LogP contribution < -0.4 is 0 Å². The highest BCUT2D eigenvalue weighted by Crippen LogP contribution is 2.61. The SMILES string of the molecule is Cn1c([N+](=O)[O-])nc(-c2sc(Br)c(Br)c2Br)c1COP(=O)(N1CC1)N1CC1. The van der Waals surface area contributed by atoms with E-state index >= 15 is 0 Å². The second kappa shape index (κ2) is 7.28. The quantitative estimate of drug-likeness (QED) is 0.197. The van der Waals surface area contributed by atoms with Gasteiger partial charge in [0, 0.05) is 26.2 Å². The first kappa shape index (κ1) is 20.1. The second-order valence-corrected chi connectivity index (χ2v) is 12.3. The van der Waals surface area contributed by atoms with Crippen LogP contribution in [0.15, 0.2) is 12.7 Å². The molecule has 0 aromatic carbocycles. The van der Waals surface area contributed by atoms with E-state index in [2.05, 4.69) is 52.8 Å². The maximum atomic E-state index is 13.2. The summed E-state index contributed by atoms with van der Waals surface area (Å²) in [7, 11) is -1.47. The van der Waals surface area contributed by atoms with E-state index < -0.39 is 12.6 Å². The zero-order chi connectivity index (χ0) is 19.5. The van der Waals surface area contributed by atoms with Gasteiger partial charge in [-0.3, -0.25) is 9.09 Å². The topological polar surface area (TPSA) is 93.3 Å². The van der Waals surface area contributed by atoms with Gasteiger partial charge in [-0.2, -0.15) is 0 Å². The molecule has 4 heterocycles. The van der Waals surface area contributed by atoms with E-state index in [4.69, 9.17) is 4.52 Å². The van der Waals surface area contributed by atoms with Crippen LogP contribution in [0.3, 0.4) is 0 Å². The number of aromatic nitrogens is 2. The van der Waals surface area contributed by atoms with E-state index in [1.54, 1.807) is 16.4 Å². The van der Waals surface area contributed by atoms with Crippen LogP contribution in [0.4, 0.5) is 5.95 Å². The van der Waals surface area contributed by atoms with Crippen molar-refractivity contribution in [2.75, 3.05) is 26.2 Å². The number of imidazole rings is 1. The molecule has 0 aliphatic carbocycles. The third-order valence-corrected chi connectivity index (χ3v) is 12.0. The van der Waals surface area contributed by atoms with Gasteiger partial charge in [-0.1, -0.05) is 4.98 Å². The first-order chi connectivity index (χ1) is 12.7. The average molecular weight is 606 g/mol. The third kappa shape index (κ3) is 3.61. The fourth-order valence-corrected chi connectivity index (χ4v) is 7.90. The highest BCUT2D eigenvalue weighted by molar-refractivity contribution is 9.14. The maximum Gasteiger partial charge on any atom is 0.435 e. The Hall–Kier alpha value is -0.140. The summed E-state index contributed by atoms with van der Waals surface area (Å²) in [6.07, 6.45) is 0. The van der Waals surface area contributed by atoms with Crippen LogP contribution in [-0.4, -0.2) is 50.0 Å². The lowest BCUT2D eigenvalue weighted by Gasteiger charge is -2.19. The first-order valence-electron chi connectivity index (χ1n) is 7.83. The summed E-state index contributed by atoms with van der Waals surface area (Å²) in [6.45, 7) is 2.92. The summed E-state index contributed by atoms with van der Waals surface area (Å²) in [5.41, 5.74) is 0.947. The van der Waals surface area contributed by atoms with E-state index in [9.17, 15) is 14.7 Å². The molecular weight excluding hydrogens is 593 g/mol. The molecule has 0 amide bonds. The zero-order valence-electron chi connectivity index (χ0n) is 13.9. The van der Waals surface area contributed by atoms with E-state index in [-0.39, 0.29) is 12.6 Å². The lowest BCUT2D eigenvalue weighted by atomic mass is 10.3. The molecule has 0 N–H and O–H groups in total. The highest BCUT2D eigenvalue weighted by Gasteiger charge is 2.49. The fourth-order valence-electron chi connectivity index (χ4n) is 2.63. The number of halogens is 3. The molecule has 2 fully saturated rings. The van der Waals surface area contributed by atoms with Crippen molar-refractivity contribution in [3.8, 4) is 10.6 Å². The Morgan fingerprint density at radius 3 is 2.26 bits per heavy atom. The molecule has 0 bridgehead atoms. The van der Waals surface area contributed by atoms with E-state index in [0.29, 0.717) is 11.4 Å². The Labute approximate surface area is 183 Å². The molecule has 2 aromatic heterocycles. The molecule has 146 valence electrons. The Bertz CT molecular complexity index is 971. The number of hydrogen-bond donors (Lipinski definition) is 0. The Balaban J connectivity index is 1.73. The van der Waals surface area contributed by atoms with Crippen LogP contribution in [0.2, 0.25) is 0 Å². The Morgan fingerprint density at radius 1 is 1.22 bits per heavy atom. The van der Waals surface area contributed by atoms with Crippen molar-refractivity contribution >= 4 is 72.7 Å².